The van der Waals surface area contributed by atoms with Crippen LogP contribution in [0.25, 0.3) is 0 Å². The van der Waals surface area contributed by atoms with E-state index in [4.69, 9.17) is 21.9 Å². The van der Waals surface area contributed by atoms with Gasteiger partial charge in [-0.3, -0.25) is 4.98 Å². The quantitative estimate of drug-likeness (QED) is 0.264. The molecule has 0 bridgehead atoms. The van der Waals surface area contributed by atoms with Crippen molar-refractivity contribution in [3.8, 4) is 5.75 Å². The Hall–Kier alpha value is -3.64. The molecular formula is C32H34N4OS. The lowest BCUT2D eigenvalue weighted by molar-refractivity contribution is 0.210. The highest BCUT2D eigenvalue weighted by atomic mass is 32.1. The minimum absolute atomic E-state index is 0.0327. The summed E-state index contributed by atoms with van der Waals surface area (Å²) in [4.78, 5) is 6.97. The Kier molecular flexibility index (Phi) is 6.90. The fourth-order valence-electron chi connectivity index (χ4n) is 5.97. The summed E-state index contributed by atoms with van der Waals surface area (Å²) in [5, 5.41) is 4.31. The van der Waals surface area contributed by atoms with Crippen LogP contribution in [0.2, 0.25) is 0 Å². The third-order valence-corrected chi connectivity index (χ3v) is 8.25. The number of anilines is 1. The molecule has 0 amide bonds. The van der Waals surface area contributed by atoms with E-state index >= 15 is 0 Å². The summed E-state index contributed by atoms with van der Waals surface area (Å²) in [6, 6.07) is 27.4. The van der Waals surface area contributed by atoms with E-state index in [1.807, 2.05) is 18.3 Å². The number of hydrogen-bond donors (Lipinski definition) is 1. The van der Waals surface area contributed by atoms with Gasteiger partial charge >= 0.3 is 0 Å². The Morgan fingerprint density at radius 1 is 0.947 bits per heavy atom. The van der Waals surface area contributed by atoms with Crippen molar-refractivity contribution in [3.05, 3.63) is 113 Å². The van der Waals surface area contributed by atoms with Crippen LogP contribution in [-0.2, 0) is 6.54 Å². The molecule has 2 aromatic heterocycles. The van der Waals surface area contributed by atoms with Crippen molar-refractivity contribution < 1.29 is 4.74 Å². The molecule has 1 aliphatic heterocycles. The fourth-order valence-corrected chi connectivity index (χ4v) is 6.32. The highest BCUT2D eigenvalue weighted by molar-refractivity contribution is 7.80. The third-order valence-electron chi connectivity index (χ3n) is 7.93. The van der Waals surface area contributed by atoms with E-state index in [1.54, 1.807) is 0 Å². The number of aromatic nitrogens is 2. The Morgan fingerprint density at radius 2 is 1.68 bits per heavy atom. The molecule has 2 aliphatic rings. The van der Waals surface area contributed by atoms with E-state index in [0.717, 1.165) is 36.5 Å². The Bertz CT molecular complexity index is 1390. The minimum atomic E-state index is -0.0659. The van der Waals surface area contributed by atoms with Crippen molar-refractivity contribution in [1.82, 2.24) is 14.9 Å². The predicted octanol–water partition coefficient (Wildman–Crippen LogP) is 7.05. The lowest BCUT2D eigenvalue weighted by atomic mass is 9.96. The molecule has 0 spiro atoms. The highest BCUT2D eigenvalue weighted by Crippen LogP contribution is 2.43. The number of ether oxygens (including phenoxy) is 1. The van der Waals surface area contributed by atoms with Crippen LogP contribution in [0, 0.1) is 13.8 Å². The molecule has 3 heterocycles. The maximum atomic E-state index is 6.24. The first kappa shape index (κ1) is 24.7. The standard InChI is InChI=1S/C32H34N4OS/c1-22-20-28(23(2)35(22)21-24-10-4-3-5-11-24)31-30(29-14-8-9-19-33-29)34-32(38)36(31)25-15-17-27(18-16-25)37-26-12-6-7-13-26/h3-5,8-11,14-20,26,30-31H,6-7,12-13,21H2,1-2H3,(H,34,38)/t30-,31-/m1/s1. The lowest BCUT2D eigenvalue weighted by Gasteiger charge is -2.28. The second-order valence-corrected chi connectivity index (χ2v) is 10.8. The molecule has 2 aromatic carbocycles. The molecular weight excluding hydrogens is 488 g/mol. The zero-order valence-corrected chi connectivity index (χ0v) is 22.8. The summed E-state index contributed by atoms with van der Waals surface area (Å²) >= 11 is 5.96. The fraction of sp³-hybridized carbons (Fsp3) is 0.312. The van der Waals surface area contributed by atoms with Crippen molar-refractivity contribution in [2.75, 3.05) is 4.90 Å². The van der Waals surface area contributed by atoms with Crippen LogP contribution >= 0.6 is 12.2 Å². The van der Waals surface area contributed by atoms with Crippen molar-refractivity contribution in [2.45, 2.75) is 64.3 Å². The van der Waals surface area contributed by atoms with Gasteiger partial charge in [0.15, 0.2) is 5.11 Å². The van der Waals surface area contributed by atoms with Crippen LogP contribution < -0.4 is 15.0 Å². The van der Waals surface area contributed by atoms with Crippen molar-refractivity contribution in [2.24, 2.45) is 0 Å². The van der Waals surface area contributed by atoms with E-state index in [-0.39, 0.29) is 12.1 Å². The lowest BCUT2D eigenvalue weighted by Crippen LogP contribution is -2.29. The first-order chi connectivity index (χ1) is 18.6. The average Bonchev–Trinajstić information content (AvgIpc) is 3.65. The van der Waals surface area contributed by atoms with Gasteiger partial charge in [-0.2, -0.15) is 0 Å². The van der Waals surface area contributed by atoms with E-state index in [2.05, 4.69) is 95.4 Å². The van der Waals surface area contributed by atoms with Gasteiger partial charge in [-0.05, 0) is 105 Å². The summed E-state index contributed by atoms with van der Waals surface area (Å²) in [5.41, 5.74) is 7.06. The zero-order valence-electron chi connectivity index (χ0n) is 22.0. The van der Waals surface area contributed by atoms with Gasteiger partial charge in [0.25, 0.3) is 0 Å². The second kappa shape index (κ2) is 10.6. The summed E-state index contributed by atoms with van der Waals surface area (Å²) in [7, 11) is 0. The average molecular weight is 523 g/mol. The number of benzene rings is 2. The van der Waals surface area contributed by atoms with Crippen LogP contribution in [0.15, 0.2) is 85.1 Å². The Labute approximate surface area is 230 Å². The number of rotatable bonds is 7. The van der Waals surface area contributed by atoms with Gasteiger partial charge in [0.05, 0.1) is 23.9 Å². The molecule has 194 valence electrons. The normalized spacial score (nSPS) is 19.6. The number of pyridine rings is 1. The molecule has 4 aromatic rings. The van der Waals surface area contributed by atoms with E-state index in [0.29, 0.717) is 11.2 Å². The first-order valence-electron chi connectivity index (χ1n) is 13.6. The molecule has 5 nitrogen and oxygen atoms in total. The van der Waals surface area contributed by atoms with Gasteiger partial charge in [-0.1, -0.05) is 36.4 Å². The number of thiocarbonyl (C=S) groups is 1. The minimum Gasteiger partial charge on any atom is -0.490 e. The molecule has 1 aliphatic carbocycles. The highest BCUT2D eigenvalue weighted by Gasteiger charge is 2.42. The zero-order chi connectivity index (χ0) is 26.1. The number of nitrogens with zero attached hydrogens (tertiary/aromatic N) is 3. The molecule has 6 rings (SSSR count). The summed E-state index contributed by atoms with van der Waals surface area (Å²) in [6.45, 7) is 5.25. The molecule has 1 N–H and O–H groups in total. The number of nitrogens with one attached hydrogen (secondary N) is 1. The van der Waals surface area contributed by atoms with Crippen LogP contribution in [0.4, 0.5) is 5.69 Å². The molecule has 0 radical (unpaired) electrons. The van der Waals surface area contributed by atoms with E-state index < -0.39 is 0 Å². The predicted molar refractivity (Wildman–Crippen MR) is 157 cm³/mol. The number of hydrogen-bond acceptors (Lipinski definition) is 3. The van der Waals surface area contributed by atoms with Gasteiger partial charge in [-0.15, -0.1) is 0 Å². The molecule has 1 saturated heterocycles. The van der Waals surface area contributed by atoms with Crippen LogP contribution in [0.1, 0.15) is 66.0 Å². The summed E-state index contributed by atoms with van der Waals surface area (Å²) in [5.74, 6) is 0.928. The molecule has 38 heavy (non-hydrogen) atoms. The number of aryl methyl sites for hydroxylation is 1. The van der Waals surface area contributed by atoms with E-state index in [1.165, 1.54) is 35.4 Å². The van der Waals surface area contributed by atoms with Crippen LogP contribution in [0.5, 0.6) is 5.75 Å². The van der Waals surface area contributed by atoms with Gasteiger partial charge in [-0.25, -0.2) is 0 Å². The topological polar surface area (TPSA) is 42.3 Å². The smallest absolute Gasteiger partial charge is 0.174 e. The summed E-state index contributed by atoms with van der Waals surface area (Å²) in [6.07, 6.45) is 7.01. The summed E-state index contributed by atoms with van der Waals surface area (Å²) < 4.78 is 8.64. The maximum Gasteiger partial charge on any atom is 0.174 e. The van der Waals surface area contributed by atoms with Crippen molar-refractivity contribution >= 4 is 23.0 Å². The SMILES string of the molecule is Cc1cc([C@@H]2[C@@H](c3ccccn3)NC(=S)N2c2ccc(OC3CCCC3)cc2)c(C)n1Cc1ccccc1. The second-order valence-electron chi connectivity index (χ2n) is 10.4. The third kappa shape index (κ3) is 4.81. The molecule has 0 unspecified atom stereocenters. The van der Waals surface area contributed by atoms with Gasteiger partial charge < -0.3 is 19.5 Å². The Morgan fingerprint density at radius 3 is 2.39 bits per heavy atom. The van der Waals surface area contributed by atoms with Gasteiger partial charge in [0.2, 0.25) is 0 Å². The molecule has 6 heteroatoms. The van der Waals surface area contributed by atoms with Crippen LogP contribution in [-0.4, -0.2) is 20.8 Å². The molecule has 2 fully saturated rings. The van der Waals surface area contributed by atoms with Crippen molar-refractivity contribution in [3.63, 3.8) is 0 Å². The monoisotopic (exact) mass is 522 g/mol. The maximum absolute atomic E-state index is 6.24. The van der Waals surface area contributed by atoms with E-state index in [9.17, 15) is 0 Å². The first-order valence-corrected chi connectivity index (χ1v) is 14.0. The van der Waals surface area contributed by atoms with Gasteiger partial charge in [0, 0.05) is 29.8 Å². The molecule has 1 saturated carbocycles. The Balaban J connectivity index is 1.37. The van der Waals surface area contributed by atoms with Crippen molar-refractivity contribution in [1.29, 1.82) is 0 Å². The van der Waals surface area contributed by atoms with Gasteiger partial charge in [0.1, 0.15) is 5.75 Å². The van der Waals surface area contributed by atoms with Crippen LogP contribution in [0.3, 0.4) is 0 Å². The molecule has 2 atom stereocenters. The largest absolute Gasteiger partial charge is 0.490 e.